The van der Waals surface area contributed by atoms with Gasteiger partial charge in [0, 0.05) is 16.7 Å². The van der Waals surface area contributed by atoms with Crippen molar-refractivity contribution in [1.29, 1.82) is 5.26 Å². The van der Waals surface area contributed by atoms with Crippen LogP contribution in [0.15, 0.2) is 78.9 Å². The van der Waals surface area contributed by atoms with Gasteiger partial charge in [-0.3, -0.25) is 4.79 Å². The Bertz CT molecular complexity index is 1830. The summed E-state index contributed by atoms with van der Waals surface area (Å²) in [6, 6.07) is 25.8. The summed E-state index contributed by atoms with van der Waals surface area (Å²) in [5.74, 6) is 0.582. The van der Waals surface area contributed by atoms with Gasteiger partial charge in [-0.25, -0.2) is 14.5 Å². The molecule has 0 saturated carbocycles. The third-order valence-electron chi connectivity index (χ3n) is 6.00. The zero-order chi connectivity index (χ0) is 24.8. The van der Waals surface area contributed by atoms with Crippen molar-refractivity contribution in [2.45, 2.75) is 0 Å². The lowest BCUT2D eigenvalue weighted by Gasteiger charge is -2.09. The smallest absolute Gasteiger partial charge is 0.193 e. The number of hydrogen-bond acceptors (Lipinski definition) is 7. The van der Waals surface area contributed by atoms with Crippen LogP contribution in [0.4, 0.5) is 11.6 Å². The highest BCUT2D eigenvalue weighted by Gasteiger charge is 2.24. The highest BCUT2D eigenvalue weighted by molar-refractivity contribution is 6.10. The highest BCUT2D eigenvalue weighted by atomic mass is 16.1. The van der Waals surface area contributed by atoms with Crippen LogP contribution in [0, 0.1) is 11.3 Å². The second-order valence-corrected chi connectivity index (χ2v) is 8.21. The first-order valence-corrected chi connectivity index (χ1v) is 11.1. The number of nitriles is 1. The van der Waals surface area contributed by atoms with Crippen molar-refractivity contribution in [3.8, 4) is 28.7 Å². The first-order valence-electron chi connectivity index (χ1n) is 11.1. The van der Waals surface area contributed by atoms with Crippen LogP contribution in [0.2, 0.25) is 0 Å². The first kappa shape index (κ1) is 21.1. The first-order chi connectivity index (χ1) is 17.5. The molecule has 3 aromatic carbocycles. The van der Waals surface area contributed by atoms with Crippen molar-refractivity contribution in [3.63, 3.8) is 0 Å². The number of fused-ring (bicyclic) bond motifs is 2. The number of aromatic amines is 1. The highest BCUT2D eigenvalue weighted by Crippen LogP contribution is 2.35. The number of aromatic nitrogens is 5. The van der Waals surface area contributed by atoms with Crippen LogP contribution in [-0.4, -0.2) is 30.3 Å². The van der Waals surface area contributed by atoms with Gasteiger partial charge in [0.1, 0.15) is 28.8 Å². The molecule has 0 aliphatic heterocycles. The van der Waals surface area contributed by atoms with Gasteiger partial charge in [0.15, 0.2) is 17.2 Å². The quantitative estimate of drug-likeness (QED) is 0.326. The molecule has 0 spiro atoms. The van der Waals surface area contributed by atoms with Gasteiger partial charge in [0.25, 0.3) is 0 Å². The van der Waals surface area contributed by atoms with E-state index in [1.807, 2.05) is 48.5 Å². The second kappa shape index (κ2) is 8.07. The number of carbonyl (C=O) groups is 1. The Hall–Kier alpha value is -5.49. The summed E-state index contributed by atoms with van der Waals surface area (Å²) in [6.07, 6.45) is 0. The van der Waals surface area contributed by atoms with Crippen LogP contribution in [0.1, 0.15) is 21.5 Å². The van der Waals surface area contributed by atoms with E-state index >= 15 is 0 Å². The lowest BCUT2D eigenvalue weighted by atomic mass is 10.0. The Morgan fingerprint density at radius 3 is 2.33 bits per heavy atom. The molecule has 172 valence electrons. The molecule has 9 nitrogen and oxygen atoms in total. The largest absolute Gasteiger partial charge is 0.382 e. The number of H-pyrrole nitrogens is 1. The maximum absolute atomic E-state index is 12.9. The minimum absolute atomic E-state index is 0.0665. The van der Waals surface area contributed by atoms with Gasteiger partial charge in [-0.15, -0.1) is 5.10 Å². The van der Waals surface area contributed by atoms with E-state index < -0.39 is 0 Å². The monoisotopic (exact) mass is 470 g/mol. The zero-order valence-electron chi connectivity index (χ0n) is 18.8. The van der Waals surface area contributed by atoms with E-state index in [0.29, 0.717) is 44.9 Å². The van der Waals surface area contributed by atoms with Gasteiger partial charge in [-0.1, -0.05) is 60.7 Å². The number of rotatable bonds is 4. The van der Waals surface area contributed by atoms with Crippen molar-refractivity contribution in [1.82, 2.24) is 24.6 Å². The van der Waals surface area contributed by atoms with Crippen molar-refractivity contribution in [2.24, 2.45) is 0 Å². The average molecular weight is 470 g/mol. The molecule has 9 heteroatoms. The molecule has 0 fully saturated rings. The minimum Gasteiger partial charge on any atom is -0.382 e. The van der Waals surface area contributed by atoms with E-state index in [4.69, 9.17) is 11.5 Å². The molecule has 0 aliphatic rings. The van der Waals surface area contributed by atoms with Crippen LogP contribution in [-0.2, 0) is 0 Å². The number of carbonyl (C=O) groups excluding carboxylic acids is 1. The summed E-state index contributed by atoms with van der Waals surface area (Å²) in [5, 5.41) is 14.3. The van der Waals surface area contributed by atoms with Crippen LogP contribution >= 0.6 is 0 Å². The van der Waals surface area contributed by atoms with Crippen molar-refractivity contribution >= 4 is 34.1 Å². The Labute approximate surface area is 204 Å². The molecular formula is C27H18N8O. The molecule has 5 N–H and O–H groups in total. The zero-order valence-corrected chi connectivity index (χ0v) is 18.8. The summed E-state index contributed by atoms with van der Waals surface area (Å²) in [7, 11) is 0. The van der Waals surface area contributed by atoms with Crippen LogP contribution < -0.4 is 11.5 Å². The van der Waals surface area contributed by atoms with Crippen molar-refractivity contribution in [3.05, 3.63) is 95.6 Å². The second-order valence-electron chi connectivity index (χ2n) is 8.21. The minimum atomic E-state index is -0.0878. The van der Waals surface area contributed by atoms with Crippen molar-refractivity contribution in [2.75, 3.05) is 11.5 Å². The Balaban J connectivity index is 1.53. The number of nitrogens with zero attached hydrogens (tertiary/aromatic N) is 5. The Morgan fingerprint density at radius 2 is 1.61 bits per heavy atom. The molecule has 0 radical (unpaired) electrons. The normalized spacial score (nSPS) is 11.1. The molecule has 3 aromatic heterocycles. The molecule has 6 aromatic rings. The number of nitrogen functional groups attached to an aromatic ring is 2. The van der Waals surface area contributed by atoms with Gasteiger partial charge < -0.3 is 16.5 Å². The Morgan fingerprint density at radius 1 is 0.889 bits per heavy atom. The van der Waals surface area contributed by atoms with Gasteiger partial charge in [-0.2, -0.15) is 5.26 Å². The number of ketones is 1. The standard InChI is InChI=1S/C27H18N8O/c28-14-18-22(15-7-3-1-4-8-15)35-27(33-24(18)29)21(25(30)34-35)26-31-19-12-11-17(13-20(19)32-26)23(36)16-9-5-2-6-10-16/h1-13H,(H2,29,33)(H2,30,34)(H,31,32). The fourth-order valence-corrected chi connectivity index (χ4v) is 4.31. The molecule has 0 amide bonds. The van der Waals surface area contributed by atoms with E-state index in [1.165, 1.54) is 4.52 Å². The lowest BCUT2D eigenvalue weighted by Crippen LogP contribution is -2.05. The molecule has 3 heterocycles. The fourth-order valence-electron chi connectivity index (χ4n) is 4.31. The maximum Gasteiger partial charge on any atom is 0.193 e. The van der Waals surface area contributed by atoms with Gasteiger partial charge in [-0.05, 0) is 18.2 Å². The van der Waals surface area contributed by atoms with Crippen molar-refractivity contribution < 1.29 is 4.79 Å². The predicted molar refractivity (Wildman–Crippen MR) is 137 cm³/mol. The summed E-state index contributed by atoms with van der Waals surface area (Å²) >= 11 is 0. The Kier molecular flexibility index (Phi) is 4.72. The van der Waals surface area contributed by atoms with Gasteiger partial charge >= 0.3 is 0 Å². The van der Waals surface area contributed by atoms with E-state index in [0.717, 1.165) is 5.56 Å². The summed E-state index contributed by atoms with van der Waals surface area (Å²) in [5.41, 5.74) is 17.2. The van der Waals surface area contributed by atoms with E-state index in [9.17, 15) is 10.1 Å². The molecule has 36 heavy (non-hydrogen) atoms. The maximum atomic E-state index is 12.9. The molecule has 0 unspecified atom stereocenters. The third kappa shape index (κ3) is 3.25. The fraction of sp³-hybridized carbons (Fsp3) is 0. The molecule has 0 aliphatic carbocycles. The molecule has 0 saturated heterocycles. The molecular weight excluding hydrogens is 452 g/mol. The van der Waals surface area contributed by atoms with Gasteiger partial charge in [0.05, 0.1) is 16.7 Å². The SMILES string of the molecule is N#Cc1c(N)nc2c(-c3nc4ccc(C(=O)c5ccccc5)cc4[nH]3)c(N)nn2c1-c1ccccc1. The molecule has 0 bridgehead atoms. The predicted octanol–water partition coefficient (Wildman–Crippen LogP) is 4.21. The number of nitrogens with one attached hydrogen (secondary N) is 1. The number of imidazole rings is 1. The molecule has 6 rings (SSSR count). The van der Waals surface area contributed by atoms with Crippen LogP contribution in [0.3, 0.4) is 0 Å². The lowest BCUT2D eigenvalue weighted by molar-refractivity contribution is 0.103. The van der Waals surface area contributed by atoms with E-state index in [1.54, 1.807) is 30.3 Å². The summed E-state index contributed by atoms with van der Waals surface area (Å²) in [6.45, 7) is 0. The van der Waals surface area contributed by atoms with Crippen LogP contribution in [0.25, 0.3) is 39.3 Å². The number of benzene rings is 3. The van der Waals surface area contributed by atoms with E-state index in [-0.39, 0.29) is 23.0 Å². The molecule has 0 atom stereocenters. The summed E-state index contributed by atoms with van der Waals surface area (Å²) in [4.78, 5) is 25.3. The van der Waals surface area contributed by atoms with E-state index in [2.05, 4.69) is 26.1 Å². The van der Waals surface area contributed by atoms with Gasteiger partial charge in [0.2, 0.25) is 0 Å². The summed E-state index contributed by atoms with van der Waals surface area (Å²) < 4.78 is 1.52. The third-order valence-corrected chi connectivity index (χ3v) is 6.00. The average Bonchev–Trinajstić information content (AvgIpc) is 3.47. The number of hydrogen-bond donors (Lipinski definition) is 3. The number of nitrogens with two attached hydrogens (primary N) is 2. The van der Waals surface area contributed by atoms with Crippen LogP contribution in [0.5, 0.6) is 0 Å². The topological polar surface area (TPSA) is 152 Å². The number of anilines is 2.